The first-order valence-corrected chi connectivity index (χ1v) is 4.63. The number of benzene rings is 1. The number of aromatic amines is 1. The van der Waals surface area contributed by atoms with Crippen molar-refractivity contribution < 1.29 is 5.11 Å². The number of imidazole rings is 1. The summed E-state index contributed by atoms with van der Waals surface area (Å²) in [5.41, 5.74) is 0.571. The number of nitrogens with zero attached hydrogens (tertiary/aromatic N) is 1. The lowest BCUT2D eigenvalue weighted by molar-refractivity contribution is 0.477. The molecule has 14 heavy (non-hydrogen) atoms. The zero-order valence-electron chi connectivity index (χ0n) is 6.96. The quantitative estimate of drug-likeness (QED) is 0.789. The highest BCUT2D eigenvalue weighted by Gasteiger charge is 2.10. The predicted octanol–water partition coefficient (Wildman–Crippen LogP) is 3.09. The number of H-pyrrole nitrogens is 1. The van der Waals surface area contributed by atoms with Crippen LogP contribution in [0, 0.1) is 0 Å². The van der Waals surface area contributed by atoms with Gasteiger partial charge in [-0.15, -0.1) is 0 Å². The summed E-state index contributed by atoms with van der Waals surface area (Å²) in [6.45, 7) is 0. The Bertz CT molecular complexity index is 448. The molecule has 3 nitrogen and oxygen atoms in total. The van der Waals surface area contributed by atoms with E-state index in [1.807, 2.05) is 0 Å². The van der Waals surface area contributed by atoms with Crippen molar-refractivity contribution in [1.29, 1.82) is 0 Å². The molecule has 0 radical (unpaired) electrons. The number of para-hydroxylation sites is 1. The first kappa shape index (κ1) is 9.37. The van der Waals surface area contributed by atoms with Crippen molar-refractivity contribution in [3.05, 3.63) is 34.6 Å². The zero-order chi connectivity index (χ0) is 10.1. The van der Waals surface area contributed by atoms with Crippen LogP contribution in [0.5, 0.6) is 5.75 Å². The molecule has 0 saturated carbocycles. The normalized spacial score (nSPS) is 10.4. The molecule has 72 valence electrons. The molecular formula is C9H6Cl2N2O. The van der Waals surface area contributed by atoms with Gasteiger partial charge in [0.2, 0.25) is 0 Å². The number of aromatic hydroxyl groups is 1. The van der Waals surface area contributed by atoms with Crippen LogP contribution >= 0.6 is 23.2 Å². The van der Waals surface area contributed by atoms with E-state index >= 15 is 0 Å². The van der Waals surface area contributed by atoms with E-state index < -0.39 is 0 Å². The highest BCUT2D eigenvalue weighted by molar-refractivity contribution is 6.40. The minimum absolute atomic E-state index is 0.134. The SMILES string of the molecule is Oc1ccccc1-c1nc(Cl)c(Cl)[nH]1. The maximum absolute atomic E-state index is 9.52. The van der Waals surface area contributed by atoms with E-state index in [4.69, 9.17) is 23.2 Å². The third kappa shape index (κ3) is 1.56. The highest BCUT2D eigenvalue weighted by Crippen LogP contribution is 2.29. The zero-order valence-corrected chi connectivity index (χ0v) is 8.47. The fourth-order valence-corrected chi connectivity index (χ4v) is 1.40. The van der Waals surface area contributed by atoms with Crippen molar-refractivity contribution in [3.8, 4) is 17.1 Å². The number of aromatic nitrogens is 2. The molecule has 0 atom stereocenters. The van der Waals surface area contributed by atoms with Gasteiger partial charge in [-0.05, 0) is 12.1 Å². The van der Waals surface area contributed by atoms with Crippen molar-refractivity contribution >= 4 is 23.2 Å². The summed E-state index contributed by atoms with van der Waals surface area (Å²) in [5, 5.41) is 9.99. The Morgan fingerprint density at radius 1 is 1.21 bits per heavy atom. The van der Waals surface area contributed by atoms with Gasteiger partial charge in [0.05, 0.1) is 5.56 Å². The Hall–Kier alpha value is -1.19. The van der Waals surface area contributed by atoms with Crippen molar-refractivity contribution in [1.82, 2.24) is 9.97 Å². The van der Waals surface area contributed by atoms with E-state index in [9.17, 15) is 5.11 Å². The molecule has 2 rings (SSSR count). The van der Waals surface area contributed by atoms with E-state index in [0.29, 0.717) is 11.4 Å². The third-order valence-corrected chi connectivity index (χ3v) is 2.42. The monoisotopic (exact) mass is 228 g/mol. The predicted molar refractivity (Wildman–Crippen MR) is 55.7 cm³/mol. The number of phenols is 1. The van der Waals surface area contributed by atoms with Gasteiger partial charge in [-0.3, -0.25) is 0 Å². The minimum atomic E-state index is 0.134. The summed E-state index contributed by atoms with van der Waals surface area (Å²) in [7, 11) is 0. The lowest BCUT2D eigenvalue weighted by atomic mass is 10.2. The van der Waals surface area contributed by atoms with Crippen LogP contribution in [0.2, 0.25) is 10.3 Å². The molecule has 0 fully saturated rings. The van der Waals surface area contributed by atoms with Gasteiger partial charge in [0, 0.05) is 0 Å². The summed E-state index contributed by atoms with van der Waals surface area (Å²) in [6.07, 6.45) is 0. The highest BCUT2D eigenvalue weighted by atomic mass is 35.5. The summed E-state index contributed by atoms with van der Waals surface area (Å²) < 4.78 is 0. The fourth-order valence-electron chi connectivity index (χ4n) is 1.13. The summed E-state index contributed by atoms with van der Waals surface area (Å²) in [4.78, 5) is 6.72. The number of hydrogen-bond acceptors (Lipinski definition) is 2. The molecule has 0 amide bonds. The van der Waals surface area contributed by atoms with E-state index in [-0.39, 0.29) is 16.1 Å². The molecular weight excluding hydrogens is 223 g/mol. The molecule has 0 aliphatic carbocycles. The van der Waals surface area contributed by atoms with E-state index in [1.165, 1.54) is 0 Å². The van der Waals surface area contributed by atoms with Gasteiger partial charge < -0.3 is 10.1 Å². The van der Waals surface area contributed by atoms with Crippen LogP contribution in [0.4, 0.5) is 0 Å². The van der Waals surface area contributed by atoms with Gasteiger partial charge in [-0.1, -0.05) is 35.3 Å². The van der Waals surface area contributed by atoms with Gasteiger partial charge in [-0.25, -0.2) is 4.98 Å². The lowest BCUT2D eigenvalue weighted by Gasteiger charge is -1.98. The Kier molecular flexibility index (Phi) is 2.35. The molecule has 0 aliphatic heterocycles. The number of nitrogens with one attached hydrogen (secondary N) is 1. The van der Waals surface area contributed by atoms with Crippen LogP contribution in [0.15, 0.2) is 24.3 Å². The summed E-state index contributed by atoms with van der Waals surface area (Å²) >= 11 is 11.4. The second-order valence-electron chi connectivity index (χ2n) is 2.71. The van der Waals surface area contributed by atoms with E-state index in [1.54, 1.807) is 24.3 Å². The maximum atomic E-state index is 9.52. The van der Waals surface area contributed by atoms with Crippen molar-refractivity contribution in [2.24, 2.45) is 0 Å². The van der Waals surface area contributed by atoms with Crippen molar-refractivity contribution in [2.75, 3.05) is 0 Å². The summed E-state index contributed by atoms with van der Waals surface area (Å²) in [6, 6.07) is 6.81. The molecule has 1 aromatic carbocycles. The van der Waals surface area contributed by atoms with Crippen LogP contribution in [0.25, 0.3) is 11.4 Å². The molecule has 1 heterocycles. The number of halogens is 2. The van der Waals surface area contributed by atoms with E-state index in [0.717, 1.165) is 0 Å². The molecule has 2 N–H and O–H groups in total. The molecule has 0 spiro atoms. The molecule has 0 aliphatic rings. The molecule has 0 bridgehead atoms. The maximum Gasteiger partial charge on any atom is 0.166 e. The molecule has 1 aromatic heterocycles. The Labute approximate surface area is 90.3 Å². The van der Waals surface area contributed by atoms with Crippen LogP contribution in [-0.4, -0.2) is 15.1 Å². The Morgan fingerprint density at radius 2 is 1.93 bits per heavy atom. The van der Waals surface area contributed by atoms with Crippen molar-refractivity contribution in [2.45, 2.75) is 0 Å². The summed E-state index contributed by atoms with van der Waals surface area (Å²) in [5.74, 6) is 0.590. The number of phenolic OH excluding ortho intramolecular Hbond substituents is 1. The minimum Gasteiger partial charge on any atom is -0.507 e. The smallest absolute Gasteiger partial charge is 0.166 e. The first-order valence-electron chi connectivity index (χ1n) is 3.88. The van der Waals surface area contributed by atoms with Crippen LogP contribution < -0.4 is 0 Å². The number of hydrogen-bond donors (Lipinski definition) is 2. The van der Waals surface area contributed by atoms with Gasteiger partial charge in [0.1, 0.15) is 16.7 Å². The molecule has 5 heteroatoms. The largest absolute Gasteiger partial charge is 0.507 e. The third-order valence-electron chi connectivity index (χ3n) is 1.78. The van der Waals surface area contributed by atoms with Crippen LogP contribution in [0.3, 0.4) is 0 Å². The lowest BCUT2D eigenvalue weighted by Crippen LogP contribution is -1.80. The number of rotatable bonds is 1. The average molecular weight is 229 g/mol. The van der Waals surface area contributed by atoms with Crippen LogP contribution in [0.1, 0.15) is 0 Å². The molecule has 0 unspecified atom stereocenters. The first-order chi connectivity index (χ1) is 6.68. The topological polar surface area (TPSA) is 48.9 Å². The Morgan fingerprint density at radius 3 is 2.50 bits per heavy atom. The second kappa shape index (κ2) is 3.52. The van der Waals surface area contributed by atoms with E-state index in [2.05, 4.69) is 9.97 Å². The average Bonchev–Trinajstić information content (AvgIpc) is 2.48. The standard InChI is InChI=1S/C9H6Cl2N2O/c10-7-8(11)13-9(12-7)5-3-1-2-4-6(5)14/h1-4,14H,(H,12,13). The van der Waals surface area contributed by atoms with Crippen molar-refractivity contribution in [3.63, 3.8) is 0 Å². The molecule has 0 saturated heterocycles. The van der Waals surface area contributed by atoms with Gasteiger partial charge in [0.25, 0.3) is 0 Å². The molecule has 2 aromatic rings. The fraction of sp³-hybridized carbons (Fsp3) is 0. The second-order valence-corrected chi connectivity index (χ2v) is 3.44. The van der Waals surface area contributed by atoms with Crippen LogP contribution in [-0.2, 0) is 0 Å². The Balaban J connectivity index is 2.55. The van der Waals surface area contributed by atoms with Gasteiger partial charge >= 0.3 is 0 Å². The van der Waals surface area contributed by atoms with Gasteiger partial charge in [0.15, 0.2) is 5.15 Å². The van der Waals surface area contributed by atoms with Gasteiger partial charge in [-0.2, -0.15) is 0 Å².